The number of rotatable bonds is 1. The van der Waals surface area contributed by atoms with Gasteiger partial charge in [0.2, 0.25) is 0 Å². The van der Waals surface area contributed by atoms with E-state index in [0.29, 0.717) is 0 Å². The minimum Gasteiger partial charge on any atom is -0.211 e. The molecular formula is C7H7F7. The van der Waals surface area contributed by atoms with Gasteiger partial charge in [-0.3, -0.25) is 0 Å². The Morgan fingerprint density at radius 3 is 1.21 bits per heavy atom. The van der Waals surface area contributed by atoms with E-state index in [-0.39, 0.29) is 0 Å². The fourth-order valence-corrected chi connectivity index (χ4v) is 0.720. The van der Waals surface area contributed by atoms with E-state index in [4.69, 9.17) is 0 Å². The van der Waals surface area contributed by atoms with Crippen LogP contribution in [0, 0.1) is 5.92 Å². The molecule has 0 aliphatic carbocycles. The highest BCUT2D eigenvalue weighted by Crippen LogP contribution is 2.42. The van der Waals surface area contributed by atoms with Gasteiger partial charge in [0.05, 0.1) is 0 Å². The molecule has 0 unspecified atom stereocenters. The van der Waals surface area contributed by atoms with Crippen LogP contribution in [0.4, 0.5) is 30.7 Å². The van der Waals surface area contributed by atoms with Gasteiger partial charge >= 0.3 is 12.4 Å². The summed E-state index contributed by atoms with van der Waals surface area (Å²) in [7, 11) is 0. The van der Waals surface area contributed by atoms with Crippen LogP contribution in [-0.4, -0.2) is 12.4 Å². The molecule has 0 aromatic carbocycles. The van der Waals surface area contributed by atoms with Crippen LogP contribution in [0.3, 0.4) is 0 Å². The summed E-state index contributed by atoms with van der Waals surface area (Å²) in [4.78, 5) is 0. The SMILES string of the molecule is CC(C)C(F)=C(C(F)(F)F)C(F)(F)F. The van der Waals surface area contributed by atoms with Crippen molar-refractivity contribution in [2.24, 2.45) is 5.92 Å². The van der Waals surface area contributed by atoms with Gasteiger partial charge in [0.15, 0.2) is 5.57 Å². The van der Waals surface area contributed by atoms with Gasteiger partial charge in [0, 0.05) is 5.92 Å². The van der Waals surface area contributed by atoms with E-state index >= 15 is 0 Å². The Bertz CT molecular complexity index is 213. The molecule has 84 valence electrons. The first-order chi connectivity index (χ1) is 5.98. The molecule has 14 heavy (non-hydrogen) atoms. The third-order valence-corrected chi connectivity index (χ3v) is 1.31. The minimum absolute atomic E-state index is 0.910. The monoisotopic (exact) mass is 224 g/mol. The van der Waals surface area contributed by atoms with Gasteiger partial charge in [-0.2, -0.15) is 26.3 Å². The summed E-state index contributed by atoms with van der Waals surface area (Å²) >= 11 is 0. The van der Waals surface area contributed by atoms with Gasteiger partial charge in [0.1, 0.15) is 5.83 Å². The summed E-state index contributed by atoms with van der Waals surface area (Å²) in [5.74, 6) is -3.64. The van der Waals surface area contributed by atoms with Crippen LogP contribution < -0.4 is 0 Å². The fraction of sp³-hybridized carbons (Fsp3) is 0.714. The standard InChI is InChI=1S/C7H7F7/c1-3(2)4(8)5(6(9,10)11)7(12,13)14/h3H,1-2H3. The second-order valence-electron chi connectivity index (χ2n) is 2.87. The smallest absolute Gasteiger partial charge is 0.211 e. The lowest BCUT2D eigenvalue weighted by Crippen LogP contribution is -2.28. The summed E-state index contributed by atoms with van der Waals surface area (Å²) < 4.78 is 83.5. The average molecular weight is 224 g/mol. The van der Waals surface area contributed by atoms with Crippen molar-refractivity contribution in [2.75, 3.05) is 0 Å². The lowest BCUT2D eigenvalue weighted by molar-refractivity contribution is -0.175. The molecule has 0 bridgehead atoms. The summed E-state index contributed by atoms with van der Waals surface area (Å²) in [6.45, 7) is 1.82. The minimum atomic E-state index is -5.72. The molecule has 7 heteroatoms. The highest BCUT2D eigenvalue weighted by Gasteiger charge is 2.53. The molecule has 0 spiro atoms. The highest BCUT2D eigenvalue weighted by molar-refractivity contribution is 5.20. The lowest BCUT2D eigenvalue weighted by Gasteiger charge is -2.17. The molecule has 0 nitrogen and oxygen atoms in total. The van der Waals surface area contributed by atoms with Crippen molar-refractivity contribution >= 4 is 0 Å². The van der Waals surface area contributed by atoms with Crippen LogP contribution in [0.5, 0.6) is 0 Å². The molecule has 0 N–H and O–H groups in total. The predicted octanol–water partition coefficient (Wildman–Crippen LogP) is 3.99. The molecule has 0 aromatic rings. The maximum atomic E-state index is 12.6. The normalized spacial score (nSPS) is 13.3. The van der Waals surface area contributed by atoms with Gasteiger partial charge < -0.3 is 0 Å². The van der Waals surface area contributed by atoms with Gasteiger partial charge in [-0.05, 0) is 0 Å². The first-order valence-corrected chi connectivity index (χ1v) is 3.52. The van der Waals surface area contributed by atoms with Gasteiger partial charge in [-0.25, -0.2) is 4.39 Å². The van der Waals surface area contributed by atoms with Gasteiger partial charge in [0.25, 0.3) is 0 Å². The summed E-state index contributed by atoms with van der Waals surface area (Å²) in [6.07, 6.45) is -11.4. The summed E-state index contributed by atoms with van der Waals surface area (Å²) in [5, 5.41) is 0. The van der Waals surface area contributed by atoms with Crippen LogP contribution >= 0.6 is 0 Å². The Morgan fingerprint density at radius 2 is 1.14 bits per heavy atom. The molecule has 0 fully saturated rings. The molecule has 0 saturated carbocycles. The Balaban J connectivity index is 5.46. The Morgan fingerprint density at radius 1 is 0.857 bits per heavy atom. The first-order valence-electron chi connectivity index (χ1n) is 3.52. The third-order valence-electron chi connectivity index (χ3n) is 1.31. The third kappa shape index (κ3) is 3.19. The van der Waals surface area contributed by atoms with Crippen LogP contribution in [0.2, 0.25) is 0 Å². The maximum Gasteiger partial charge on any atom is 0.423 e. The largest absolute Gasteiger partial charge is 0.423 e. The molecule has 0 aliphatic heterocycles. The topological polar surface area (TPSA) is 0 Å². The number of hydrogen-bond donors (Lipinski definition) is 0. The van der Waals surface area contributed by atoms with Gasteiger partial charge in [-0.1, -0.05) is 13.8 Å². The molecule has 0 amide bonds. The summed E-state index contributed by atoms with van der Waals surface area (Å²) in [6, 6.07) is 0. The Hall–Kier alpha value is -0.750. The predicted molar refractivity (Wildman–Crippen MR) is 35.1 cm³/mol. The van der Waals surface area contributed by atoms with Crippen molar-refractivity contribution in [3.63, 3.8) is 0 Å². The van der Waals surface area contributed by atoms with Crippen LogP contribution in [0.15, 0.2) is 11.4 Å². The zero-order valence-electron chi connectivity index (χ0n) is 7.22. The average Bonchev–Trinajstić information content (AvgIpc) is 1.79. The second kappa shape index (κ2) is 3.78. The molecule has 0 saturated heterocycles. The molecule has 0 rings (SSSR count). The van der Waals surface area contributed by atoms with Crippen molar-refractivity contribution in [3.8, 4) is 0 Å². The fourth-order valence-electron chi connectivity index (χ4n) is 0.720. The van der Waals surface area contributed by atoms with E-state index in [9.17, 15) is 30.7 Å². The molecular weight excluding hydrogens is 217 g/mol. The van der Waals surface area contributed by atoms with E-state index in [0.717, 1.165) is 13.8 Å². The van der Waals surface area contributed by atoms with E-state index in [1.807, 2.05) is 0 Å². The van der Waals surface area contributed by atoms with Crippen molar-refractivity contribution < 1.29 is 30.7 Å². The lowest BCUT2D eigenvalue weighted by atomic mass is 10.1. The number of halogens is 7. The van der Waals surface area contributed by atoms with E-state index in [1.54, 1.807) is 0 Å². The maximum absolute atomic E-state index is 12.6. The molecule has 0 aromatic heterocycles. The van der Waals surface area contributed by atoms with Crippen LogP contribution in [0.25, 0.3) is 0 Å². The Labute approximate surface area is 75.4 Å². The quantitative estimate of drug-likeness (QED) is 0.590. The van der Waals surface area contributed by atoms with E-state index in [1.165, 1.54) is 0 Å². The van der Waals surface area contributed by atoms with Crippen LogP contribution in [-0.2, 0) is 0 Å². The van der Waals surface area contributed by atoms with E-state index in [2.05, 4.69) is 0 Å². The number of alkyl halides is 6. The van der Waals surface area contributed by atoms with E-state index < -0.39 is 29.7 Å². The molecule has 0 radical (unpaired) electrons. The van der Waals surface area contributed by atoms with Crippen molar-refractivity contribution in [1.29, 1.82) is 0 Å². The molecule has 0 heterocycles. The highest BCUT2D eigenvalue weighted by atomic mass is 19.4. The van der Waals surface area contributed by atoms with Crippen molar-refractivity contribution in [1.82, 2.24) is 0 Å². The molecule has 0 aliphatic rings. The van der Waals surface area contributed by atoms with Crippen molar-refractivity contribution in [2.45, 2.75) is 26.2 Å². The first kappa shape index (κ1) is 13.2. The molecule has 0 atom stereocenters. The zero-order chi connectivity index (χ0) is 11.7. The van der Waals surface area contributed by atoms with Gasteiger partial charge in [-0.15, -0.1) is 0 Å². The zero-order valence-corrected chi connectivity index (χ0v) is 7.22. The number of hydrogen-bond acceptors (Lipinski definition) is 0. The number of allylic oxidation sites excluding steroid dienone is 2. The Kier molecular flexibility index (Phi) is 3.58. The summed E-state index contributed by atoms with van der Waals surface area (Å²) in [5.41, 5.74) is -3.06. The van der Waals surface area contributed by atoms with Crippen LogP contribution in [0.1, 0.15) is 13.8 Å². The van der Waals surface area contributed by atoms with Crippen molar-refractivity contribution in [3.05, 3.63) is 11.4 Å². The second-order valence-corrected chi connectivity index (χ2v) is 2.87.